The SMILES string of the molecule is CC(C)N1CCC[C@@H](NC(=O)c2ccc(-n3ccccc3=O)cc2)C1. The van der Waals surface area contributed by atoms with Crippen LogP contribution in [0.25, 0.3) is 5.69 Å². The van der Waals surface area contributed by atoms with Gasteiger partial charge in [-0.05, 0) is 63.6 Å². The normalized spacial score (nSPS) is 18.3. The van der Waals surface area contributed by atoms with Gasteiger partial charge in [0.25, 0.3) is 11.5 Å². The smallest absolute Gasteiger partial charge is 0.255 e. The zero-order valence-corrected chi connectivity index (χ0v) is 14.8. The van der Waals surface area contributed by atoms with Crippen LogP contribution in [0.3, 0.4) is 0 Å². The van der Waals surface area contributed by atoms with Crippen molar-refractivity contribution < 1.29 is 4.79 Å². The predicted molar refractivity (Wildman–Crippen MR) is 99.2 cm³/mol. The van der Waals surface area contributed by atoms with Crippen LogP contribution >= 0.6 is 0 Å². The number of aromatic nitrogens is 1. The molecule has 1 aliphatic rings. The fourth-order valence-electron chi connectivity index (χ4n) is 3.28. The number of likely N-dealkylation sites (tertiary alicyclic amines) is 1. The highest BCUT2D eigenvalue weighted by Gasteiger charge is 2.23. The number of hydrogen-bond donors (Lipinski definition) is 1. The Labute approximate surface area is 148 Å². The zero-order valence-electron chi connectivity index (χ0n) is 14.8. The van der Waals surface area contributed by atoms with E-state index in [9.17, 15) is 9.59 Å². The van der Waals surface area contributed by atoms with E-state index in [-0.39, 0.29) is 17.5 Å². The lowest BCUT2D eigenvalue weighted by Crippen LogP contribution is -2.49. The Morgan fingerprint density at radius 1 is 1.16 bits per heavy atom. The highest BCUT2D eigenvalue weighted by molar-refractivity contribution is 5.94. The Hall–Kier alpha value is -2.40. The number of benzene rings is 1. The molecular formula is C20H25N3O2. The molecule has 1 atom stereocenters. The summed E-state index contributed by atoms with van der Waals surface area (Å²) < 4.78 is 1.56. The zero-order chi connectivity index (χ0) is 17.8. The van der Waals surface area contributed by atoms with E-state index in [1.54, 1.807) is 41.1 Å². The van der Waals surface area contributed by atoms with E-state index in [0.29, 0.717) is 11.6 Å². The highest BCUT2D eigenvalue weighted by atomic mass is 16.1. The second kappa shape index (κ2) is 7.66. The molecule has 1 saturated heterocycles. The van der Waals surface area contributed by atoms with Crippen molar-refractivity contribution in [2.24, 2.45) is 0 Å². The van der Waals surface area contributed by atoms with Gasteiger partial charge in [-0.2, -0.15) is 0 Å². The Balaban J connectivity index is 1.67. The van der Waals surface area contributed by atoms with Crippen molar-refractivity contribution in [3.63, 3.8) is 0 Å². The van der Waals surface area contributed by atoms with Crippen molar-refractivity contribution in [3.8, 4) is 5.69 Å². The van der Waals surface area contributed by atoms with Crippen LogP contribution in [0.5, 0.6) is 0 Å². The number of nitrogens with one attached hydrogen (secondary N) is 1. The highest BCUT2D eigenvalue weighted by Crippen LogP contribution is 2.14. The van der Waals surface area contributed by atoms with Crippen LogP contribution in [-0.4, -0.2) is 40.5 Å². The average Bonchev–Trinajstić information content (AvgIpc) is 2.62. The summed E-state index contributed by atoms with van der Waals surface area (Å²) in [7, 11) is 0. The molecule has 0 saturated carbocycles. The molecule has 2 aromatic rings. The van der Waals surface area contributed by atoms with Crippen LogP contribution in [0.1, 0.15) is 37.0 Å². The van der Waals surface area contributed by atoms with Crippen molar-refractivity contribution in [1.29, 1.82) is 0 Å². The molecule has 25 heavy (non-hydrogen) atoms. The van der Waals surface area contributed by atoms with Crippen LogP contribution in [0.2, 0.25) is 0 Å². The van der Waals surface area contributed by atoms with E-state index in [1.165, 1.54) is 6.07 Å². The van der Waals surface area contributed by atoms with Gasteiger partial charge in [0.1, 0.15) is 0 Å². The first-order chi connectivity index (χ1) is 12.0. The molecule has 1 aromatic heterocycles. The maximum atomic E-state index is 12.5. The van der Waals surface area contributed by atoms with Crippen LogP contribution in [0.15, 0.2) is 53.5 Å². The number of hydrogen-bond acceptors (Lipinski definition) is 3. The standard InChI is InChI=1S/C20H25N3O2/c1-15(2)22-12-5-6-17(14-22)21-20(25)16-8-10-18(11-9-16)23-13-4-3-7-19(23)24/h3-4,7-11,13,15,17H,5-6,12,14H2,1-2H3,(H,21,25)/t17-/m1/s1. The fraction of sp³-hybridized carbons (Fsp3) is 0.400. The molecule has 2 heterocycles. The molecule has 0 radical (unpaired) electrons. The molecule has 132 valence electrons. The third kappa shape index (κ3) is 4.17. The first-order valence-corrected chi connectivity index (χ1v) is 8.87. The lowest BCUT2D eigenvalue weighted by atomic mass is 10.0. The number of carbonyl (C=O) groups is 1. The summed E-state index contributed by atoms with van der Waals surface area (Å²) >= 11 is 0. The van der Waals surface area contributed by atoms with Gasteiger partial charge in [0.05, 0.1) is 0 Å². The lowest BCUT2D eigenvalue weighted by Gasteiger charge is -2.35. The van der Waals surface area contributed by atoms with Crippen LogP contribution < -0.4 is 10.9 Å². The number of nitrogens with zero attached hydrogens (tertiary/aromatic N) is 2. The van der Waals surface area contributed by atoms with Crippen LogP contribution in [0, 0.1) is 0 Å². The van der Waals surface area contributed by atoms with Gasteiger partial charge < -0.3 is 5.32 Å². The number of rotatable bonds is 4. The summed E-state index contributed by atoms with van der Waals surface area (Å²) in [6.07, 6.45) is 3.85. The molecule has 1 fully saturated rings. The molecule has 0 bridgehead atoms. The van der Waals surface area contributed by atoms with Gasteiger partial charge in [0.2, 0.25) is 0 Å². The van der Waals surface area contributed by atoms with Crippen LogP contribution in [-0.2, 0) is 0 Å². The van der Waals surface area contributed by atoms with Crippen molar-refractivity contribution in [2.45, 2.75) is 38.8 Å². The lowest BCUT2D eigenvalue weighted by molar-refractivity contribution is 0.0886. The molecule has 5 nitrogen and oxygen atoms in total. The molecule has 0 aliphatic carbocycles. The van der Waals surface area contributed by atoms with Gasteiger partial charge in [-0.25, -0.2) is 0 Å². The van der Waals surface area contributed by atoms with Gasteiger partial charge in [-0.1, -0.05) is 6.07 Å². The molecule has 1 aromatic carbocycles. The van der Waals surface area contributed by atoms with Crippen molar-refractivity contribution >= 4 is 5.91 Å². The first kappa shape index (κ1) is 17.4. The van der Waals surface area contributed by atoms with E-state index < -0.39 is 0 Å². The minimum atomic E-state index is -0.0873. The number of amides is 1. The van der Waals surface area contributed by atoms with Gasteiger partial charge in [-0.3, -0.25) is 19.1 Å². The number of pyridine rings is 1. The minimum Gasteiger partial charge on any atom is -0.348 e. The van der Waals surface area contributed by atoms with Gasteiger partial charge in [-0.15, -0.1) is 0 Å². The predicted octanol–water partition coefficient (Wildman–Crippen LogP) is 2.44. The Morgan fingerprint density at radius 3 is 2.60 bits per heavy atom. The summed E-state index contributed by atoms with van der Waals surface area (Å²) in [5.41, 5.74) is 1.29. The molecular weight excluding hydrogens is 314 g/mol. The third-order valence-corrected chi connectivity index (χ3v) is 4.75. The monoisotopic (exact) mass is 339 g/mol. The first-order valence-electron chi connectivity index (χ1n) is 8.87. The molecule has 1 N–H and O–H groups in total. The second-order valence-corrected chi connectivity index (χ2v) is 6.86. The van der Waals surface area contributed by atoms with E-state index in [1.807, 2.05) is 6.07 Å². The van der Waals surface area contributed by atoms with Crippen molar-refractivity contribution in [2.75, 3.05) is 13.1 Å². The van der Waals surface area contributed by atoms with Crippen molar-refractivity contribution in [1.82, 2.24) is 14.8 Å². The van der Waals surface area contributed by atoms with E-state index in [4.69, 9.17) is 0 Å². The summed E-state index contributed by atoms with van der Waals surface area (Å²) in [6.45, 7) is 6.38. The molecule has 3 rings (SSSR count). The summed E-state index contributed by atoms with van der Waals surface area (Å²) in [5, 5.41) is 3.14. The topological polar surface area (TPSA) is 54.3 Å². The Morgan fingerprint density at radius 2 is 1.92 bits per heavy atom. The molecule has 0 spiro atoms. The summed E-state index contributed by atoms with van der Waals surface area (Å²) in [5.74, 6) is -0.0532. The minimum absolute atomic E-state index is 0.0532. The summed E-state index contributed by atoms with van der Waals surface area (Å²) in [6, 6.07) is 12.9. The second-order valence-electron chi connectivity index (χ2n) is 6.86. The van der Waals surface area contributed by atoms with Gasteiger partial charge in [0, 0.05) is 42.1 Å². The third-order valence-electron chi connectivity index (χ3n) is 4.75. The molecule has 5 heteroatoms. The van der Waals surface area contributed by atoms with E-state index in [2.05, 4.69) is 24.1 Å². The van der Waals surface area contributed by atoms with Crippen molar-refractivity contribution in [3.05, 3.63) is 64.6 Å². The van der Waals surface area contributed by atoms with Gasteiger partial charge >= 0.3 is 0 Å². The average molecular weight is 339 g/mol. The van der Waals surface area contributed by atoms with E-state index in [0.717, 1.165) is 31.6 Å². The molecule has 0 unspecified atom stereocenters. The Bertz CT molecular complexity index is 780. The fourth-order valence-corrected chi connectivity index (χ4v) is 3.28. The largest absolute Gasteiger partial charge is 0.348 e. The van der Waals surface area contributed by atoms with E-state index >= 15 is 0 Å². The Kier molecular flexibility index (Phi) is 5.34. The maximum absolute atomic E-state index is 12.5. The molecule has 1 amide bonds. The summed E-state index contributed by atoms with van der Waals surface area (Å²) in [4.78, 5) is 26.8. The number of piperidine rings is 1. The maximum Gasteiger partial charge on any atom is 0.255 e. The molecule has 1 aliphatic heterocycles. The van der Waals surface area contributed by atoms with Gasteiger partial charge in [0.15, 0.2) is 0 Å². The van der Waals surface area contributed by atoms with Crippen LogP contribution in [0.4, 0.5) is 0 Å². The quantitative estimate of drug-likeness (QED) is 0.931. The number of carbonyl (C=O) groups excluding carboxylic acids is 1.